The van der Waals surface area contributed by atoms with Crippen LogP contribution in [-0.4, -0.2) is 6.04 Å². The topological polar surface area (TPSA) is 38.0 Å². The van der Waals surface area contributed by atoms with E-state index in [4.69, 9.17) is 5.84 Å². The van der Waals surface area contributed by atoms with E-state index in [9.17, 15) is 0 Å². The maximum absolute atomic E-state index is 5.74. The van der Waals surface area contributed by atoms with Crippen LogP contribution >= 0.6 is 0 Å². The Hall–Kier alpha value is -0.0800. The zero-order chi connectivity index (χ0) is 10.3. The van der Waals surface area contributed by atoms with Crippen molar-refractivity contribution in [3.63, 3.8) is 0 Å². The number of nitrogens with one attached hydrogen (secondary N) is 1. The molecule has 3 aliphatic carbocycles. The second-order valence-electron chi connectivity index (χ2n) is 6.15. The molecule has 0 aromatic heterocycles. The van der Waals surface area contributed by atoms with Crippen molar-refractivity contribution in [3.8, 4) is 0 Å². The molecule has 15 heavy (non-hydrogen) atoms. The van der Waals surface area contributed by atoms with Crippen LogP contribution in [0.25, 0.3) is 0 Å². The first-order valence-corrected chi connectivity index (χ1v) is 6.83. The Kier molecular flexibility index (Phi) is 2.73. The summed E-state index contributed by atoms with van der Waals surface area (Å²) in [6.07, 6.45) is 11.6. The van der Waals surface area contributed by atoms with E-state index in [1.165, 1.54) is 51.4 Å². The zero-order valence-electron chi connectivity index (χ0n) is 9.62. The molecule has 3 rings (SSSR count). The number of rotatable bonds is 4. The van der Waals surface area contributed by atoms with Gasteiger partial charge in [-0.1, -0.05) is 25.7 Å². The second kappa shape index (κ2) is 4.06. The molecule has 86 valence electrons. The first-order valence-electron chi connectivity index (χ1n) is 6.83. The Balaban J connectivity index is 1.51. The summed E-state index contributed by atoms with van der Waals surface area (Å²) >= 11 is 0. The van der Waals surface area contributed by atoms with Crippen LogP contribution in [0.3, 0.4) is 0 Å². The molecule has 0 amide bonds. The predicted molar refractivity (Wildman–Crippen MR) is 62.0 cm³/mol. The predicted octanol–water partition coefficient (Wildman–Crippen LogP) is 2.44. The molecule has 3 saturated carbocycles. The maximum atomic E-state index is 5.74. The van der Waals surface area contributed by atoms with Crippen LogP contribution in [0.4, 0.5) is 0 Å². The Bertz CT molecular complexity index is 213. The highest BCUT2D eigenvalue weighted by Crippen LogP contribution is 2.55. The second-order valence-corrected chi connectivity index (χ2v) is 6.15. The number of hydrogen-bond donors (Lipinski definition) is 2. The number of hydrazine groups is 1. The third kappa shape index (κ3) is 2.07. The van der Waals surface area contributed by atoms with Crippen molar-refractivity contribution in [2.75, 3.05) is 0 Å². The summed E-state index contributed by atoms with van der Waals surface area (Å²) in [6.45, 7) is 0. The number of nitrogens with two attached hydrogens (primary N) is 1. The molecular weight excluding hydrogens is 184 g/mol. The summed E-state index contributed by atoms with van der Waals surface area (Å²) in [4.78, 5) is 0. The summed E-state index contributed by atoms with van der Waals surface area (Å²) in [7, 11) is 0. The van der Waals surface area contributed by atoms with Gasteiger partial charge in [-0.2, -0.15) is 0 Å². The lowest BCUT2D eigenvalue weighted by atomic mass is 9.87. The van der Waals surface area contributed by atoms with Crippen LogP contribution in [0.15, 0.2) is 0 Å². The van der Waals surface area contributed by atoms with E-state index in [-0.39, 0.29) is 0 Å². The van der Waals surface area contributed by atoms with Gasteiger partial charge in [0.1, 0.15) is 0 Å². The minimum Gasteiger partial charge on any atom is -0.271 e. The molecular formula is C13H24N2. The average molecular weight is 208 g/mol. The molecule has 0 heterocycles. The van der Waals surface area contributed by atoms with Gasteiger partial charge in [-0.25, -0.2) is 0 Å². The van der Waals surface area contributed by atoms with Crippen LogP contribution in [0.1, 0.15) is 51.4 Å². The van der Waals surface area contributed by atoms with E-state index in [1.54, 1.807) is 0 Å². The molecule has 0 spiro atoms. The van der Waals surface area contributed by atoms with Gasteiger partial charge in [0.15, 0.2) is 0 Å². The van der Waals surface area contributed by atoms with Crippen LogP contribution in [0.2, 0.25) is 0 Å². The Morgan fingerprint density at radius 2 is 1.73 bits per heavy atom. The Morgan fingerprint density at radius 3 is 2.33 bits per heavy atom. The molecule has 0 aromatic rings. The van der Waals surface area contributed by atoms with Gasteiger partial charge in [0.25, 0.3) is 0 Å². The van der Waals surface area contributed by atoms with Crippen molar-refractivity contribution in [2.45, 2.75) is 57.4 Å². The SMILES string of the molecule is NNC(CC1CCCC1)C1CC2CC2C1. The summed E-state index contributed by atoms with van der Waals surface area (Å²) in [5.74, 6) is 9.80. The molecule has 3 unspecified atom stereocenters. The molecule has 0 aromatic carbocycles. The van der Waals surface area contributed by atoms with Crippen molar-refractivity contribution in [1.82, 2.24) is 5.43 Å². The smallest absolute Gasteiger partial charge is 0.0241 e. The standard InChI is InChI=1S/C13H24N2/c14-15-13(5-9-3-1-2-4-9)12-7-10-6-11(10)8-12/h9-13,15H,1-8,14H2. The largest absolute Gasteiger partial charge is 0.271 e. The van der Waals surface area contributed by atoms with Crippen molar-refractivity contribution >= 4 is 0 Å². The van der Waals surface area contributed by atoms with Gasteiger partial charge in [0.05, 0.1) is 0 Å². The number of hydrogen-bond acceptors (Lipinski definition) is 2. The van der Waals surface area contributed by atoms with E-state index in [0.29, 0.717) is 6.04 Å². The number of fused-ring (bicyclic) bond motifs is 1. The van der Waals surface area contributed by atoms with Gasteiger partial charge in [-0.05, 0) is 49.4 Å². The fourth-order valence-electron chi connectivity index (χ4n) is 4.09. The van der Waals surface area contributed by atoms with Crippen molar-refractivity contribution in [3.05, 3.63) is 0 Å². The third-order valence-electron chi connectivity index (χ3n) is 5.13. The normalized spacial score (nSPS) is 41.8. The minimum atomic E-state index is 0.626. The average Bonchev–Trinajstić information content (AvgIpc) is 2.73. The fraction of sp³-hybridized carbons (Fsp3) is 1.00. The molecule has 0 bridgehead atoms. The highest BCUT2D eigenvalue weighted by molar-refractivity contribution is 4.99. The lowest BCUT2D eigenvalue weighted by Gasteiger charge is -2.26. The Morgan fingerprint density at radius 1 is 1.07 bits per heavy atom. The van der Waals surface area contributed by atoms with Gasteiger partial charge < -0.3 is 0 Å². The van der Waals surface area contributed by atoms with E-state index in [2.05, 4.69) is 5.43 Å². The highest BCUT2D eigenvalue weighted by atomic mass is 15.2. The molecule has 3 fully saturated rings. The molecule has 2 heteroatoms. The van der Waals surface area contributed by atoms with Crippen LogP contribution in [0, 0.1) is 23.7 Å². The van der Waals surface area contributed by atoms with Gasteiger partial charge in [0, 0.05) is 6.04 Å². The van der Waals surface area contributed by atoms with Gasteiger partial charge in [-0.3, -0.25) is 11.3 Å². The molecule has 0 aliphatic heterocycles. The third-order valence-corrected chi connectivity index (χ3v) is 5.13. The van der Waals surface area contributed by atoms with Crippen LogP contribution in [0.5, 0.6) is 0 Å². The highest BCUT2D eigenvalue weighted by Gasteiger charge is 2.47. The van der Waals surface area contributed by atoms with Crippen molar-refractivity contribution in [2.24, 2.45) is 29.5 Å². The van der Waals surface area contributed by atoms with E-state index < -0.39 is 0 Å². The molecule has 2 nitrogen and oxygen atoms in total. The van der Waals surface area contributed by atoms with E-state index in [1.807, 2.05) is 0 Å². The minimum absolute atomic E-state index is 0.626. The molecule has 3 aliphatic rings. The molecule has 0 radical (unpaired) electrons. The Labute approximate surface area is 93.0 Å². The van der Waals surface area contributed by atoms with E-state index in [0.717, 1.165) is 23.7 Å². The monoisotopic (exact) mass is 208 g/mol. The summed E-state index contributed by atoms with van der Waals surface area (Å²) in [5.41, 5.74) is 3.11. The van der Waals surface area contributed by atoms with Crippen LogP contribution < -0.4 is 11.3 Å². The summed E-state index contributed by atoms with van der Waals surface area (Å²) in [6, 6.07) is 0.626. The van der Waals surface area contributed by atoms with Gasteiger partial charge >= 0.3 is 0 Å². The van der Waals surface area contributed by atoms with Gasteiger partial charge in [-0.15, -0.1) is 0 Å². The van der Waals surface area contributed by atoms with Crippen molar-refractivity contribution < 1.29 is 0 Å². The molecule has 3 atom stereocenters. The summed E-state index contributed by atoms with van der Waals surface area (Å²) in [5, 5.41) is 0. The summed E-state index contributed by atoms with van der Waals surface area (Å²) < 4.78 is 0. The van der Waals surface area contributed by atoms with Crippen molar-refractivity contribution in [1.29, 1.82) is 0 Å². The quantitative estimate of drug-likeness (QED) is 0.550. The molecule has 3 N–H and O–H groups in total. The zero-order valence-corrected chi connectivity index (χ0v) is 9.62. The maximum Gasteiger partial charge on any atom is 0.0241 e. The van der Waals surface area contributed by atoms with Gasteiger partial charge in [0.2, 0.25) is 0 Å². The molecule has 0 saturated heterocycles. The lowest BCUT2D eigenvalue weighted by molar-refractivity contribution is 0.281. The first-order chi connectivity index (χ1) is 7.36. The van der Waals surface area contributed by atoms with E-state index >= 15 is 0 Å². The fourth-order valence-corrected chi connectivity index (χ4v) is 4.09. The van der Waals surface area contributed by atoms with Crippen LogP contribution in [-0.2, 0) is 0 Å². The lowest BCUT2D eigenvalue weighted by Crippen LogP contribution is -2.41. The first kappa shape index (κ1) is 10.1.